The number of nitrogens with zero attached hydrogens (tertiary/aromatic N) is 1. The highest BCUT2D eigenvalue weighted by Crippen LogP contribution is 2.30. The summed E-state index contributed by atoms with van der Waals surface area (Å²) in [7, 11) is 0. The molecule has 206 valence electrons. The maximum absolute atomic E-state index is 13.6. The molecule has 1 amide bonds. The van der Waals surface area contributed by atoms with E-state index < -0.39 is 35.2 Å². The zero-order valence-electron chi connectivity index (χ0n) is 24.3. The number of aryl methyl sites for hydroxylation is 3. The lowest BCUT2D eigenvalue weighted by atomic mass is 9.84. The predicted octanol–water partition coefficient (Wildman–Crippen LogP) is 7.03. The lowest BCUT2D eigenvalue weighted by molar-refractivity contribution is -0.164. The Balaban J connectivity index is 1.85. The van der Waals surface area contributed by atoms with Crippen LogP contribution in [0.5, 0.6) is 0 Å². The van der Waals surface area contributed by atoms with Gasteiger partial charge in [-0.1, -0.05) is 77.1 Å². The van der Waals surface area contributed by atoms with Crippen LogP contribution in [0.3, 0.4) is 0 Å². The van der Waals surface area contributed by atoms with E-state index in [-0.39, 0.29) is 0 Å². The van der Waals surface area contributed by atoms with Gasteiger partial charge in [-0.05, 0) is 86.1 Å². The van der Waals surface area contributed by atoms with E-state index in [0.717, 1.165) is 24.8 Å². The van der Waals surface area contributed by atoms with Crippen molar-refractivity contribution in [2.45, 2.75) is 105 Å². The summed E-state index contributed by atoms with van der Waals surface area (Å²) in [6.45, 7) is 14.4. The number of benzene rings is 2. The average Bonchev–Trinajstić information content (AvgIpc) is 2.91. The molecule has 5 heteroatoms. The van der Waals surface area contributed by atoms with E-state index in [1.54, 1.807) is 13.8 Å². The molecule has 5 nitrogen and oxygen atoms in total. The molecule has 3 rings (SSSR count). The highest BCUT2D eigenvalue weighted by atomic mass is 16.5. The Morgan fingerprint density at radius 1 is 1.00 bits per heavy atom. The number of ether oxygens (including phenoxy) is 1. The Labute approximate surface area is 229 Å². The molecule has 0 aromatic heterocycles. The molecule has 1 aliphatic heterocycles. The topological polar surface area (TPSA) is 63.7 Å². The number of rotatable bonds is 10. The third-order valence-corrected chi connectivity index (χ3v) is 8.20. The molecule has 2 atom stereocenters. The molecule has 1 fully saturated rings. The van der Waals surface area contributed by atoms with Crippen LogP contribution >= 0.6 is 0 Å². The molecule has 0 saturated carbocycles. The van der Waals surface area contributed by atoms with E-state index in [1.807, 2.05) is 19.1 Å². The summed E-state index contributed by atoms with van der Waals surface area (Å²) in [5, 5.41) is 0. The Hall–Kier alpha value is -2.95. The normalized spacial score (nSPS) is 16.8. The first-order chi connectivity index (χ1) is 17.9. The van der Waals surface area contributed by atoms with Gasteiger partial charge in [0.05, 0.1) is 0 Å². The summed E-state index contributed by atoms with van der Waals surface area (Å²) in [6.07, 6.45) is 3.64. The van der Waals surface area contributed by atoms with E-state index in [0.29, 0.717) is 31.7 Å². The van der Waals surface area contributed by atoms with Gasteiger partial charge in [-0.3, -0.25) is 9.59 Å². The maximum atomic E-state index is 13.6. The van der Waals surface area contributed by atoms with Gasteiger partial charge in [0.25, 0.3) is 5.91 Å². The average molecular weight is 520 g/mol. The van der Waals surface area contributed by atoms with Crippen LogP contribution in [-0.2, 0) is 25.5 Å². The Morgan fingerprint density at radius 2 is 1.71 bits per heavy atom. The van der Waals surface area contributed by atoms with E-state index in [9.17, 15) is 14.4 Å². The summed E-state index contributed by atoms with van der Waals surface area (Å²) >= 11 is 0. The van der Waals surface area contributed by atoms with Crippen molar-refractivity contribution >= 4 is 17.7 Å². The van der Waals surface area contributed by atoms with Crippen LogP contribution in [0.1, 0.15) is 107 Å². The number of carbonyl (C=O) groups excluding carboxylic acids is 3. The van der Waals surface area contributed by atoms with Crippen molar-refractivity contribution in [3.8, 4) is 0 Å². The van der Waals surface area contributed by atoms with Crippen molar-refractivity contribution < 1.29 is 19.1 Å². The maximum Gasteiger partial charge on any atom is 0.329 e. The predicted molar refractivity (Wildman–Crippen MR) is 152 cm³/mol. The van der Waals surface area contributed by atoms with Crippen molar-refractivity contribution in [2.75, 3.05) is 6.54 Å². The molecule has 0 bridgehead atoms. The second-order valence-corrected chi connectivity index (χ2v) is 11.8. The first-order valence-corrected chi connectivity index (χ1v) is 14.2. The summed E-state index contributed by atoms with van der Waals surface area (Å²) < 4.78 is 6.21. The molecule has 1 heterocycles. The summed E-state index contributed by atoms with van der Waals surface area (Å²) in [5.41, 5.74) is 5.10. The fraction of sp³-hybridized carbons (Fsp3) is 0.545. The van der Waals surface area contributed by atoms with Crippen LogP contribution in [0.25, 0.3) is 0 Å². The summed E-state index contributed by atoms with van der Waals surface area (Å²) in [4.78, 5) is 41.3. The van der Waals surface area contributed by atoms with Crippen LogP contribution in [0.2, 0.25) is 0 Å². The van der Waals surface area contributed by atoms with Gasteiger partial charge < -0.3 is 9.64 Å². The van der Waals surface area contributed by atoms with Gasteiger partial charge in [-0.15, -0.1) is 0 Å². The molecule has 38 heavy (non-hydrogen) atoms. The third-order valence-electron chi connectivity index (χ3n) is 8.20. The number of esters is 1. The second-order valence-electron chi connectivity index (χ2n) is 11.8. The van der Waals surface area contributed by atoms with Gasteiger partial charge in [-0.2, -0.15) is 0 Å². The highest BCUT2D eigenvalue weighted by Gasteiger charge is 2.41. The van der Waals surface area contributed by atoms with E-state index in [2.05, 4.69) is 58.0 Å². The van der Waals surface area contributed by atoms with Crippen LogP contribution in [0.4, 0.5) is 0 Å². The molecular formula is C33H45NO4. The Bertz CT molecular complexity index is 1150. The van der Waals surface area contributed by atoms with E-state index >= 15 is 0 Å². The van der Waals surface area contributed by atoms with Crippen molar-refractivity contribution in [3.63, 3.8) is 0 Å². The standard InChI is InChI=1S/C33H45NO4/c1-8-33(6,7)30(35)31(36)34-19-10-9-14-28(34)32(37)38-29(27-13-11-12-26(21-27)22(2)3)18-17-25-16-15-23(4)24(5)20-25/h11-13,15-16,20-22,28-29H,8-10,14,17-19H2,1-7H3. The lowest BCUT2D eigenvalue weighted by Crippen LogP contribution is -2.53. The minimum Gasteiger partial charge on any atom is -0.456 e. The van der Waals surface area contributed by atoms with Crippen molar-refractivity contribution in [2.24, 2.45) is 5.41 Å². The number of likely N-dealkylation sites (tertiary alicyclic amines) is 1. The van der Waals surface area contributed by atoms with Gasteiger partial charge in [0, 0.05) is 12.0 Å². The van der Waals surface area contributed by atoms with Gasteiger partial charge in [-0.25, -0.2) is 4.79 Å². The third kappa shape index (κ3) is 7.12. The summed E-state index contributed by atoms with van der Waals surface area (Å²) in [5.74, 6) is -1.06. The zero-order chi connectivity index (χ0) is 28.0. The van der Waals surface area contributed by atoms with Crippen LogP contribution in [0.15, 0.2) is 42.5 Å². The quantitative estimate of drug-likeness (QED) is 0.250. The van der Waals surface area contributed by atoms with Crippen molar-refractivity contribution in [1.29, 1.82) is 0 Å². The fourth-order valence-corrected chi connectivity index (χ4v) is 4.89. The monoisotopic (exact) mass is 519 g/mol. The largest absolute Gasteiger partial charge is 0.456 e. The van der Waals surface area contributed by atoms with Crippen molar-refractivity contribution in [1.82, 2.24) is 4.90 Å². The van der Waals surface area contributed by atoms with Gasteiger partial charge in [0.15, 0.2) is 0 Å². The highest BCUT2D eigenvalue weighted by molar-refractivity contribution is 6.38. The Kier molecular flexibility index (Phi) is 9.92. The first-order valence-electron chi connectivity index (χ1n) is 14.2. The number of Topliss-reactive ketones (excluding diaryl/α,β-unsaturated/α-hetero) is 1. The number of hydrogen-bond acceptors (Lipinski definition) is 4. The first kappa shape index (κ1) is 29.6. The van der Waals surface area contributed by atoms with E-state index in [1.165, 1.54) is 27.2 Å². The molecule has 2 unspecified atom stereocenters. The number of carbonyl (C=O) groups is 3. The molecule has 2 aromatic rings. The smallest absolute Gasteiger partial charge is 0.329 e. The number of piperidine rings is 1. The van der Waals surface area contributed by atoms with E-state index in [4.69, 9.17) is 4.74 Å². The molecule has 0 aliphatic carbocycles. The van der Waals surface area contributed by atoms with Gasteiger partial charge in [0.2, 0.25) is 5.78 Å². The molecule has 1 aliphatic rings. The van der Waals surface area contributed by atoms with Crippen LogP contribution < -0.4 is 0 Å². The SMILES string of the molecule is CCC(C)(C)C(=O)C(=O)N1CCCCC1C(=O)OC(CCc1ccc(C)c(C)c1)c1cccc(C(C)C)c1. The minimum atomic E-state index is -0.755. The molecule has 0 N–H and O–H groups in total. The zero-order valence-corrected chi connectivity index (χ0v) is 24.3. The summed E-state index contributed by atoms with van der Waals surface area (Å²) in [6, 6.07) is 14.0. The fourth-order valence-electron chi connectivity index (χ4n) is 4.89. The minimum absolute atomic E-state index is 0.352. The number of amides is 1. The molecule has 1 saturated heterocycles. The number of ketones is 1. The second kappa shape index (κ2) is 12.7. The van der Waals surface area contributed by atoms with Crippen LogP contribution in [-0.4, -0.2) is 35.1 Å². The van der Waals surface area contributed by atoms with Gasteiger partial charge >= 0.3 is 5.97 Å². The van der Waals surface area contributed by atoms with Crippen LogP contribution in [0, 0.1) is 19.3 Å². The molecule has 0 radical (unpaired) electrons. The lowest BCUT2D eigenvalue weighted by Gasteiger charge is -2.36. The number of hydrogen-bond donors (Lipinski definition) is 0. The van der Waals surface area contributed by atoms with Gasteiger partial charge in [0.1, 0.15) is 12.1 Å². The molecular weight excluding hydrogens is 474 g/mol. The Morgan fingerprint density at radius 3 is 2.37 bits per heavy atom. The molecule has 2 aromatic carbocycles. The molecule has 0 spiro atoms. The van der Waals surface area contributed by atoms with Crippen molar-refractivity contribution in [3.05, 3.63) is 70.3 Å².